The molecule has 23 nitrogen and oxygen atoms in total. The number of carboxylic acid groups (broad SMARTS) is 1. The Morgan fingerprint density at radius 3 is 1.47 bits per heavy atom. The normalized spacial score (nSPS) is 9.21. The quantitative estimate of drug-likeness (QED) is 0.0155. The number of ether oxygens (including phenoxy) is 7. The molecule has 0 saturated carbocycles. The number of hydrogen-bond acceptors (Lipinski definition) is 17. The van der Waals surface area contributed by atoms with Gasteiger partial charge < -0.3 is 64.5 Å². The summed E-state index contributed by atoms with van der Waals surface area (Å²) in [6.07, 6.45) is 2.06. The number of nitrogens with two attached hydrogens (primary N) is 2. The third-order valence-corrected chi connectivity index (χ3v) is 9.41. The molecular formula is C44H49Cl4LiN8NaO15+. The van der Waals surface area contributed by atoms with Gasteiger partial charge in [0.2, 0.25) is 0 Å². The van der Waals surface area contributed by atoms with Gasteiger partial charge in [0.15, 0.2) is 6.29 Å². The van der Waals surface area contributed by atoms with Gasteiger partial charge in [-0.05, 0) is 66.2 Å². The number of carbonyl (C=O) groups is 5. The number of fused-ring (bicyclic) bond motifs is 2. The van der Waals surface area contributed by atoms with Crippen LogP contribution in [-0.4, -0.2) is 114 Å². The Kier molecular flexibility index (Phi) is 40.8. The van der Waals surface area contributed by atoms with Crippen LogP contribution in [0.2, 0.25) is 20.1 Å². The van der Waals surface area contributed by atoms with Gasteiger partial charge in [0.1, 0.15) is 40.1 Å². The molecule has 0 spiro atoms. The van der Waals surface area contributed by atoms with Gasteiger partial charge in [0.05, 0.1) is 82.0 Å². The van der Waals surface area contributed by atoms with E-state index in [9.17, 15) is 24.0 Å². The van der Waals surface area contributed by atoms with Gasteiger partial charge >= 0.3 is 72.3 Å². The van der Waals surface area contributed by atoms with Crippen molar-refractivity contribution in [3.63, 3.8) is 0 Å². The first-order valence-corrected chi connectivity index (χ1v) is 20.5. The van der Waals surface area contributed by atoms with Crippen LogP contribution in [0.3, 0.4) is 0 Å². The Labute approximate surface area is 472 Å². The number of esters is 3. The number of carboxylic acids is 1. The number of halogens is 4. The number of H-pyrrole nitrogens is 2. The topological polar surface area (TPSA) is 379 Å². The minimum absolute atomic E-state index is 0. The molecular weight excluding hydrogens is 1050 g/mol. The number of aldehydes is 1. The molecule has 73 heavy (non-hydrogen) atoms. The summed E-state index contributed by atoms with van der Waals surface area (Å²) < 4.78 is 33.6. The van der Waals surface area contributed by atoms with Crippen molar-refractivity contribution in [2.24, 2.45) is 10.8 Å². The van der Waals surface area contributed by atoms with Crippen molar-refractivity contribution < 1.29 is 127 Å². The molecule has 0 atom stereocenters. The van der Waals surface area contributed by atoms with Crippen molar-refractivity contribution >= 4 is 104 Å². The number of methoxy groups -OCH3 is 7. The van der Waals surface area contributed by atoms with Gasteiger partial charge in [-0.1, -0.05) is 75.2 Å². The fraction of sp³-hybridized carbons (Fsp3) is 0.205. The number of carbonyl (C=O) groups excluding carboxylic acids is 4. The van der Waals surface area contributed by atoms with Crippen molar-refractivity contribution in [3.05, 3.63) is 132 Å². The number of benzene rings is 4. The third-order valence-electron chi connectivity index (χ3n) is 8.22. The van der Waals surface area contributed by atoms with Gasteiger partial charge in [-0.3, -0.25) is 9.59 Å². The summed E-state index contributed by atoms with van der Waals surface area (Å²) in [5, 5.41) is 23.6. The van der Waals surface area contributed by atoms with Crippen molar-refractivity contribution in [3.8, 4) is 23.0 Å². The van der Waals surface area contributed by atoms with Gasteiger partial charge in [-0.15, -0.1) is 0 Å². The number of hydrogen-bond donors (Lipinski definition) is 6. The van der Waals surface area contributed by atoms with Crippen LogP contribution >= 0.6 is 46.4 Å². The molecule has 4 aromatic carbocycles. The summed E-state index contributed by atoms with van der Waals surface area (Å²) in [4.78, 5) is 61.9. The molecule has 0 aliphatic heterocycles. The Morgan fingerprint density at radius 2 is 1.12 bits per heavy atom. The summed E-state index contributed by atoms with van der Waals surface area (Å²) in [6, 6.07) is 20.0. The minimum Gasteiger partial charge on any atom is -0.870 e. The zero-order valence-corrected chi connectivity index (χ0v) is 46.0. The van der Waals surface area contributed by atoms with Gasteiger partial charge in [0, 0.05) is 32.3 Å². The Balaban J connectivity index is -0.000000408. The van der Waals surface area contributed by atoms with Crippen LogP contribution in [0.1, 0.15) is 36.9 Å². The summed E-state index contributed by atoms with van der Waals surface area (Å²) in [5.74, 6) is -0.704. The van der Waals surface area contributed by atoms with E-state index < -0.39 is 17.9 Å². The van der Waals surface area contributed by atoms with Crippen LogP contribution in [0.5, 0.6) is 23.0 Å². The molecule has 2 aromatic heterocycles. The van der Waals surface area contributed by atoms with Crippen LogP contribution < -0.4 is 83.7 Å². The molecule has 0 aliphatic rings. The molecule has 0 fully saturated rings. The monoisotopic (exact) mass is 1100 g/mol. The maximum Gasteiger partial charge on any atom is 1.00 e. The van der Waals surface area contributed by atoms with E-state index in [1.165, 1.54) is 61.9 Å². The van der Waals surface area contributed by atoms with Crippen LogP contribution in [0.15, 0.2) is 83.6 Å². The SMILES string of the molecule is COC(=O)/C(=C/c1cccc(Cl)c1OC)N=[N+]=[N-].COC(=O)CN.COC(=O)c1cc2c(OC)c(Cl)ccc2[nH]1.COc1c(Cl)ccc2[nH]c(C(=O)O)cc12.COc1c(Cl)cccc1C=O.C[O-].N=[NH2+].[Li+].[Na+].[OH-]. The molecule has 0 aliphatic carbocycles. The molecule has 0 amide bonds. The Morgan fingerprint density at radius 1 is 0.712 bits per heavy atom. The van der Waals surface area contributed by atoms with E-state index in [4.69, 9.17) is 92.4 Å². The molecule has 6 rings (SSSR count). The van der Waals surface area contributed by atoms with Crippen molar-refractivity contribution in [1.82, 2.24) is 9.97 Å². The zero-order chi connectivity index (χ0) is 53.5. The van der Waals surface area contributed by atoms with E-state index in [0.717, 1.165) is 18.0 Å². The number of aromatic amines is 2. The molecule has 0 radical (unpaired) electrons. The van der Waals surface area contributed by atoms with Crippen molar-refractivity contribution in [2.45, 2.75) is 0 Å². The molecule has 384 valence electrons. The largest absolute Gasteiger partial charge is 1.00 e. The molecule has 0 bridgehead atoms. The molecule has 29 heteroatoms. The molecule has 0 unspecified atom stereocenters. The number of para-hydroxylation sites is 2. The third kappa shape index (κ3) is 22.8. The van der Waals surface area contributed by atoms with Crippen LogP contribution in [0.4, 0.5) is 0 Å². The first kappa shape index (κ1) is 73.5. The average Bonchev–Trinajstić information content (AvgIpc) is 4.03. The molecule has 6 aromatic rings. The second-order valence-electron chi connectivity index (χ2n) is 12.1. The molecule has 2 heterocycles. The maximum atomic E-state index is 11.4. The average molecular weight is 1100 g/mol. The van der Waals surface area contributed by atoms with Crippen LogP contribution in [-0.2, 0) is 23.8 Å². The van der Waals surface area contributed by atoms with E-state index in [1.807, 2.05) is 0 Å². The number of rotatable bonds is 11. The summed E-state index contributed by atoms with van der Waals surface area (Å²) in [7, 11) is 10.5. The summed E-state index contributed by atoms with van der Waals surface area (Å²) in [6.45, 7) is -0.0312. The fourth-order valence-corrected chi connectivity index (χ4v) is 6.25. The van der Waals surface area contributed by atoms with E-state index in [2.05, 4.69) is 39.7 Å². The Hall–Kier alpha value is -6.00. The smallest absolute Gasteiger partial charge is 0.870 e. The Bertz CT molecular complexity index is 2770. The predicted molar refractivity (Wildman–Crippen MR) is 262 cm³/mol. The second kappa shape index (κ2) is 40.5. The van der Waals surface area contributed by atoms with Crippen molar-refractivity contribution in [1.29, 1.82) is 5.53 Å². The van der Waals surface area contributed by atoms with E-state index in [-0.39, 0.29) is 77.8 Å². The minimum atomic E-state index is -1.01. The predicted octanol–water partition coefficient (Wildman–Crippen LogP) is 1.18. The second-order valence-corrected chi connectivity index (χ2v) is 13.7. The summed E-state index contributed by atoms with van der Waals surface area (Å²) >= 11 is 23.5. The molecule has 9 N–H and O–H groups in total. The van der Waals surface area contributed by atoms with Crippen LogP contribution in [0, 0.1) is 5.53 Å². The maximum absolute atomic E-state index is 11.4. The number of nitrogens with one attached hydrogen (secondary N) is 3. The first-order valence-electron chi connectivity index (χ1n) is 19.0. The van der Waals surface area contributed by atoms with E-state index >= 15 is 0 Å². The van der Waals surface area contributed by atoms with Gasteiger partial charge in [0.25, 0.3) is 0 Å². The van der Waals surface area contributed by atoms with Gasteiger partial charge in [-0.25, -0.2) is 14.4 Å². The summed E-state index contributed by atoms with van der Waals surface area (Å²) in [5.41, 5.74) is 25.0. The number of aromatic nitrogens is 2. The molecule has 0 saturated heterocycles. The number of nitrogens with zero attached hydrogens (tertiary/aromatic N) is 3. The standard InChI is InChI=1S/C11H10ClN3O3.C11H10ClNO3.C10H8ClNO3.C8H7ClO2.C3H7NO2.CH3O.Li.H2N2.Na.H2O/c1-17-10-7(4-3-5-8(10)12)6-9(14-15-13)11(16)18-2;1-15-10-6-5-9(11(14)16-2)13-8(6)4-3-7(10)12;1-15-9-5-4-8(10(13)14)12-7(5)3-2-6(9)11;1-11-8-6(5-10)3-2-4-7(8)9;1-6-3(5)2-4;1-2;;1-2;;/h3-6H,1-2H3;3-5,13H,1-2H3;2-4,12H,1H3,(H,13,14);2-5H,1H3;2,4H2,1H3;1H3;;1-2H;;1H2/q;;;;;-1;+1;;+1;/b9-6-;;;;;;;;;. The first-order chi connectivity index (χ1) is 33.5. The van der Waals surface area contributed by atoms with E-state index in [0.29, 0.717) is 77.1 Å². The fourth-order valence-electron chi connectivity index (χ4n) is 5.25. The van der Waals surface area contributed by atoms with E-state index in [1.54, 1.807) is 66.7 Å². The number of aromatic carboxylic acids is 1. The van der Waals surface area contributed by atoms with Gasteiger partial charge in [-0.2, -0.15) is 12.6 Å². The van der Waals surface area contributed by atoms with Crippen molar-refractivity contribution in [2.75, 3.05) is 63.4 Å². The number of azide groups is 1. The zero-order valence-electron chi connectivity index (χ0n) is 41.0. The van der Waals surface area contributed by atoms with Crippen LogP contribution in [0.25, 0.3) is 38.3 Å².